The summed E-state index contributed by atoms with van der Waals surface area (Å²) in [6.45, 7) is 4.20. The predicted molar refractivity (Wildman–Crippen MR) is 104 cm³/mol. The molecule has 0 unspecified atom stereocenters. The molecule has 0 aliphatic heterocycles. The Hall–Kier alpha value is -3.20. The third-order valence-electron chi connectivity index (χ3n) is 4.46. The normalized spacial score (nSPS) is 11.4. The van der Waals surface area contributed by atoms with Crippen LogP contribution in [0.1, 0.15) is 17.0 Å². The Morgan fingerprint density at radius 3 is 2.56 bits per heavy atom. The number of nitrogens with zero attached hydrogens (tertiary/aromatic N) is 3. The first kappa shape index (κ1) is 15.3. The Morgan fingerprint density at radius 2 is 1.72 bits per heavy atom. The van der Waals surface area contributed by atoms with Crippen molar-refractivity contribution in [3.63, 3.8) is 0 Å². The minimum Gasteiger partial charge on any atom is -0.303 e. The summed E-state index contributed by atoms with van der Waals surface area (Å²) in [7, 11) is 0. The second kappa shape index (κ2) is 6.36. The molecule has 2 aromatic heterocycles. The lowest BCUT2D eigenvalue weighted by Crippen LogP contribution is -2.01. The van der Waals surface area contributed by atoms with Crippen LogP contribution in [0.2, 0.25) is 0 Å². The lowest BCUT2D eigenvalue weighted by Gasteiger charge is -2.07. The van der Waals surface area contributed by atoms with Crippen LogP contribution in [-0.2, 0) is 0 Å². The van der Waals surface area contributed by atoms with Crippen molar-refractivity contribution in [2.45, 2.75) is 13.8 Å². The molecule has 122 valence electrons. The van der Waals surface area contributed by atoms with Gasteiger partial charge < -0.3 is 4.57 Å². The van der Waals surface area contributed by atoms with Gasteiger partial charge in [0.25, 0.3) is 0 Å². The molecule has 2 heterocycles. The summed E-state index contributed by atoms with van der Waals surface area (Å²) >= 11 is 0. The average molecular weight is 325 g/mol. The van der Waals surface area contributed by atoms with E-state index in [1.165, 1.54) is 10.8 Å². The third kappa shape index (κ3) is 2.85. The quantitative estimate of drug-likeness (QED) is 0.464. The van der Waals surface area contributed by atoms with E-state index in [1.54, 1.807) is 0 Å². The Labute approximate surface area is 147 Å². The predicted octanol–water partition coefficient (Wildman–Crippen LogP) is 5.39. The minimum absolute atomic E-state index is 0.933. The van der Waals surface area contributed by atoms with Crippen LogP contribution < -0.4 is 0 Å². The van der Waals surface area contributed by atoms with E-state index in [4.69, 9.17) is 4.99 Å². The summed E-state index contributed by atoms with van der Waals surface area (Å²) in [6, 6.07) is 22.6. The second-order valence-corrected chi connectivity index (χ2v) is 6.11. The van der Waals surface area contributed by atoms with Crippen LogP contribution >= 0.6 is 0 Å². The summed E-state index contributed by atoms with van der Waals surface area (Å²) in [4.78, 5) is 9.22. The minimum atomic E-state index is 0.933. The van der Waals surface area contributed by atoms with Gasteiger partial charge in [0, 0.05) is 34.7 Å². The van der Waals surface area contributed by atoms with Crippen molar-refractivity contribution >= 4 is 22.7 Å². The topological polar surface area (TPSA) is 30.2 Å². The van der Waals surface area contributed by atoms with Crippen LogP contribution in [0.5, 0.6) is 0 Å². The molecule has 0 amide bonds. The molecule has 3 heteroatoms. The molecule has 0 aliphatic carbocycles. The molecule has 0 saturated heterocycles. The fraction of sp³-hybridized carbons (Fsp3) is 0.0909. The highest BCUT2D eigenvalue weighted by Gasteiger charge is 2.10. The SMILES string of the molecule is Cc1cc(C=Nc2cccc3ccccc23)c(C)n1-c1ccccn1. The van der Waals surface area contributed by atoms with Crippen molar-refractivity contribution in [1.82, 2.24) is 9.55 Å². The van der Waals surface area contributed by atoms with Gasteiger partial charge in [-0.15, -0.1) is 0 Å². The molecule has 3 nitrogen and oxygen atoms in total. The van der Waals surface area contributed by atoms with E-state index in [9.17, 15) is 0 Å². The highest BCUT2D eigenvalue weighted by molar-refractivity contribution is 5.95. The third-order valence-corrected chi connectivity index (χ3v) is 4.46. The van der Waals surface area contributed by atoms with Gasteiger partial charge in [0.1, 0.15) is 5.82 Å². The summed E-state index contributed by atoms with van der Waals surface area (Å²) in [5.41, 5.74) is 4.38. The Morgan fingerprint density at radius 1 is 0.920 bits per heavy atom. The maximum Gasteiger partial charge on any atom is 0.136 e. The smallest absolute Gasteiger partial charge is 0.136 e. The van der Waals surface area contributed by atoms with Crippen molar-refractivity contribution in [2.75, 3.05) is 0 Å². The maximum absolute atomic E-state index is 4.75. The number of aromatic nitrogens is 2. The maximum atomic E-state index is 4.75. The molecule has 4 rings (SSSR count). The molecule has 0 aliphatic rings. The van der Waals surface area contributed by atoms with Gasteiger partial charge in [0.2, 0.25) is 0 Å². The first-order chi connectivity index (χ1) is 12.2. The van der Waals surface area contributed by atoms with Gasteiger partial charge in [-0.2, -0.15) is 0 Å². The van der Waals surface area contributed by atoms with E-state index < -0.39 is 0 Å². The van der Waals surface area contributed by atoms with E-state index >= 15 is 0 Å². The lowest BCUT2D eigenvalue weighted by atomic mass is 10.1. The molecular weight excluding hydrogens is 306 g/mol. The van der Waals surface area contributed by atoms with Gasteiger partial charge in [-0.05, 0) is 43.5 Å². The van der Waals surface area contributed by atoms with Crippen LogP contribution in [-0.4, -0.2) is 15.8 Å². The number of aryl methyl sites for hydroxylation is 1. The van der Waals surface area contributed by atoms with E-state index in [1.807, 2.05) is 42.7 Å². The van der Waals surface area contributed by atoms with E-state index in [0.717, 1.165) is 28.5 Å². The monoisotopic (exact) mass is 325 g/mol. The van der Waals surface area contributed by atoms with Crippen LogP contribution in [0, 0.1) is 13.8 Å². The zero-order valence-corrected chi connectivity index (χ0v) is 14.3. The summed E-state index contributed by atoms with van der Waals surface area (Å²) in [5.74, 6) is 0.933. The van der Waals surface area contributed by atoms with Crippen molar-refractivity contribution in [3.8, 4) is 5.82 Å². The van der Waals surface area contributed by atoms with Gasteiger partial charge in [-0.1, -0.05) is 42.5 Å². The number of rotatable bonds is 3. The van der Waals surface area contributed by atoms with Crippen LogP contribution in [0.15, 0.2) is 77.9 Å². The van der Waals surface area contributed by atoms with Crippen LogP contribution in [0.25, 0.3) is 16.6 Å². The highest BCUT2D eigenvalue weighted by Crippen LogP contribution is 2.26. The molecule has 0 radical (unpaired) electrons. The molecular formula is C22H19N3. The van der Waals surface area contributed by atoms with E-state index in [-0.39, 0.29) is 0 Å². The molecule has 0 fully saturated rings. The molecule has 25 heavy (non-hydrogen) atoms. The molecule has 0 N–H and O–H groups in total. The van der Waals surface area contributed by atoms with Gasteiger partial charge in [0.05, 0.1) is 5.69 Å². The Balaban J connectivity index is 1.75. The van der Waals surface area contributed by atoms with Crippen molar-refractivity contribution in [1.29, 1.82) is 0 Å². The molecule has 2 aromatic carbocycles. The number of benzene rings is 2. The first-order valence-corrected chi connectivity index (χ1v) is 8.36. The van der Waals surface area contributed by atoms with Crippen molar-refractivity contribution in [3.05, 3.63) is 89.9 Å². The number of pyridine rings is 1. The summed E-state index contributed by atoms with van der Waals surface area (Å²) in [6.07, 6.45) is 3.77. The number of aliphatic imine (C=N–C) groups is 1. The van der Waals surface area contributed by atoms with Gasteiger partial charge in [-0.25, -0.2) is 4.98 Å². The van der Waals surface area contributed by atoms with Gasteiger partial charge in [-0.3, -0.25) is 4.99 Å². The van der Waals surface area contributed by atoms with E-state index in [2.05, 4.69) is 59.8 Å². The number of hydrogen-bond acceptors (Lipinski definition) is 2. The van der Waals surface area contributed by atoms with Gasteiger partial charge in [0.15, 0.2) is 0 Å². The molecule has 0 bridgehead atoms. The fourth-order valence-corrected chi connectivity index (χ4v) is 3.22. The Bertz CT molecular complexity index is 1050. The zero-order valence-electron chi connectivity index (χ0n) is 14.3. The number of hydrogen-bond donors (Lipinski definition) is 0. The largest absolute Gasteiger partial charge is 0.303 e. The van der Waals surface area contributed by atoms with Crippen LogP contribution in [0.4, 0.5) is 5.69 Å². The summed E-state index contributed by atoms with van der Waals surface area (Å²) in [5, 5.41) is 2.37. The molecule has 0 spiro atoms. The second-order valence-electron chi connectivity index (χ2n) is 6.11. The number of fused-ring (bicyclic) bond motifs is 1. The molecule has 0 atom stereocenters. The molecule has 4 aromatic rings. The first-order valence-electron chi connectivity index (χ1n) is 8.36. The lowest BCUT2D eigenvalue weighted by molar-refractivity contribution is 0.921. The zero-order chi connectivity index (χ0) is 17.2. The Kier molecular flexibility index (Phi) is 3.90. The fourth-order valence-electron chi connectivity index (χ4n) is 3.22. The van der Waals surface area contributed by atoms with Crippen molar-refractivity contribution < 1.29 is 0 Å². The van der Waals surface area contributed by atoms with Gasteiger partial charge >= 0.3 is 0 Å². The van der Waals surface area contributed by atoms with Crippen molar-refractivity contribution in [2.24, 2.45) is 4.99 Å². The standard InChI is InChI=1S/C22H19N3/c1-16-14-19(17(2)25(16)22-12-5-6-13-23-22)15-24-21-11-7-9-18-8-3-4-10-20(18)21/h3-15H,1-2H3. The highest BCUT2D eigenvalue weighted by atomic mass is 15.1. The molecule has 0 saturated carbocycles. The summed E-state index contributed by atoms with van der Waals surface area (Å²) < 4.78 is 2.16. The average Bonchev–Trinajstić information content (AvgIpc) is 2.94. The van der Waals surface area contributed by atoms with E-state index in [0.29, 0.717) is 0 Å². The van der Waals surface area contributed by atoms with Crippen LogP contribution in [0.3, 0.4) is 0 Å².